The van der Waals surface area contributed by atoms with Gasteiger partial charge >= 0.3 is 0 Å². The van der Waals surface area contributed by atoms with E-state index in [0.29, 0.717) is 6.04 Å². The Balaban J connectivity index is 1.72. The van der Waals surface area contributed by atoms with Crippen molar-refractivity contribution < 1.29 is 0 Å². The molecule has 3 nitrogen and oxygen atoms in total. The fourth-order valence-corrected chi connectivity index (χ4v) is 3.38. The zero-order valence-corrected chi connectivity index (χ0v) is 14.4. The normalized spacial score (nSPS) is 18.4. The summed E-state index contributed by atoms with van der Waals surface area (Å²) in [5.74, 6) is 0.741. The molecule has 1 aromatic carbocycles. The van der Waals surface area contributed by atoms with Crippen LogP contribution in [0.5, 0.6) is 0 Å². The summed E-state index contributed by atoms with van der Waals surface area (Å²) in [5.41, 5.74) is 4.88. The Labute approximate surface area is 139 Å². The van der Waals surface area contributed by atoms with Crippen LogP contribution in [-0.2, 0) is 0 Å². The Hall–Kier alpha value is -1.87. The first-order valence-corrected chi connectivity index (χ1v) is 8.63. The van der Waals surface area contributed by atoms with E-state index in [1.807, 2.05) is 13.1 Å². The van der Waals surface area contributed by atoms with Crippen LogP contribution in [-0.4, -0.2) is 30.7 Å². The van der Waals surface area contributed by atoms with Gasteiger partial charge in [-0.05, 0) is 54.7 Å². The molecule has 0 saturated carbocycles. The standard InChI is InChI=1S/C20H27N3/c1-15(2)12-19-14-23(11-10-22-19)20-6-4-17(5-7-20)18-8-9-21-16(3)13-18/h4-9,13,15,19,22H,10-12,14H2,1-3H3. The molecule has 1 aliphatic heterocycles. The molecule has 1 aliphatic rings. The summed E-state index contributed by atoms with van der Waals surface area (Å²) in [5, 5.41) is 3.65. The molecule has 3 rings (SSSR count). The van der Waals surface area contributed by atoms with Crippen molar-refractivity contribution >= 4 is 5.69 Å². The zero-order chi connectivity index (χ0) is 16.2. The van der Waals surface area contributed by atoms with Gasteiger partial charge in [0.15, 0.2) is 0 Å². The van der Waals surface area contributed by atoms with Crippen molar-refractivity contribution in [3.8, 4) is 11.1 Å². The van der Waals surface area contributed by atoms with E-state index in [4.69, 9.17) is 0 Å². The van der Waals surface area contributed by atoms with Gasteiger partial charge in [-0.3, -0.25) is 4.98 Å². The number of benzene rings is 1. The SMILES string of the molecule is Cc1cc(-c2ccc(N3CCNC(CC(C)C)C3)cc2)ccn1. The molecule has 0 aliphatic carbocycles. The molecule has 1 N–H and O–H groups in total. The maximum absolute atomic E-state index is 4.27. The van der Waals surface area contributed by atoms with Crippen molar-refractivity contribution in [1.82, 2.24) is 10.3 Å². The van der Waals surface area contributed by atoms with E-state index in [9.17, 15) is 0 Å². The number of anilines is 1. The number of rotatable bonds is 4. The fourth-order valence-electron chi connectivity index (χ4n) is 3.38. The largest absolute Gasteiger partial charge is 0.369 e. The van der Waals surface area contributed by atoms with Gasteiger partial charge in [-0.25, -0.2) is 0 Å². The van der Waals surface area contributed by atoms with E-state index in [1.165, 1.54) is 23.2 Å². The number of pyridine rings is 1. The monoisotopic (exact) mass is 309 g/mol. The van der Waals surface area contributed by atoms with E-state index < -0.39 is 0 Å². The summed E-state index contributed by atoms with van der Waals surface area (Å²) < 4.78 is 0. The van der Waals surface area contributed by atoms with Crippen LogP contribution in [0.15, 0.2) is 42.6 Å². The number of nitrogens with one attached hydrogen (secondary N) is 1. The number of hydrogen-bond donors (Lipinski definition) is 1. The Kier molecular flexibility index (Phi) is 4.97. The third-order valence-corrected chi connectivity index (χ3v) is 4.47. The maximum atomic E-state index is 4.27. The molecule has 0 bridgehead atoms. The molecule has 1 aromatic heterocycles. The summed E-state index contributed by atoms with van der Waals surface area (Å²) in [7, 11) is 0. The Morgan fingerprint density at radius 1 is 1.17 bits per heavy atom. The van der Waals surface area contributed by atoms with Gasteiger partial charge in [-0.15, -0.1) is 0 Å². The summed E-state index contributed by atoms with van der Waals surface area (Å²) in [6, 6.07) is 13.8. The lowest BCUT2D eigenvalue weighted by Crippen LogP contribution is -2.51. The Morgan fingerprint density at radius 3 is 2.65 bits per heavy atom. The lowest BCUT2D eigenvalue weighted by molar-refractivity contribution is 0.388. The summed E-state index contributed by atoms with van der Waals surface area (Å²) in [6.07, 6.45) is 3.12. The Bertz CT molecular complexity index is 634. The third kappa shape index (κ3) is 4.11. The minimum Gasteiger partial charge on any atom is -0.369 e. The van der Waals surface area contributed by atoms with Gasteiger partial charge in [0, 0.05) is 43.3 Å². The highest BCUT2D eigenvalue weighted by atomic mass is 15.2. The molecule has 1 unspecified atom stereocenters. The van der Waals surface area contributed by atoms with Crippen LogP contribution in [0, 0.1) is 12.8 Å². The minimum atomic E-state index is 0.603. The van der Waals surface area contributed by atoms with Crippen LogP contribution in [0.1, 0.15) is 26.0 Å². The molecule has 2 heterocycles. The number of aryl methyl sites for hydroxylation is 1. The van der Waals surface area contributed by atoms with Gasteiger partial charge in [0.05, 0.1) is 0 Å². The molecule has 0 spiro atoms. The van der Waals surface area contributed by atoms with Gasteiger partial charge in [0.1, 0.15) is 0 Å². The lowest BCUT2D eigenvalue weighted by Gasteiger charge is -2.36. The van der Waals surface area contributed by atoms with Crippen LogP contribution < -0.4 is 10.2 Å². The third-order valence-electron chi connectivity index (χ3n) is 4.47. The predicted molar refractivity (Wildman–Crippen MR) is 97.9 cm³/mol. The van der Waals surface area contributed by atoms with Crippen LogP contribution in [0.4, 0.5) is 5.69 Å². The molecule has 2 aromatic rings. The van der Waals surface area contributed by atoms with Crippen LogP contribution in [0.25, 0.3) is 11.1 Å². The highest BCUT2D eigenvalue weighted by molar-refractivity contribution is 5.66. The van der Waals surface area contributed by atoms with E-state index in [1.54, 1.807) is 0 Å². The van der Waals surface area contributed by atoms with Gasteiger partial charge in [0.25, 0.3) is 0 Å². The second kappa shape index (κ2) is 7.14. The topological polar surface area (TPSA) is 28.2 Å². The molecule has 1 saturated heterocycles. The van der Waals surface area contributed by atoms with Crippen LogP contribution >= 0.6 is 0 Å². The van der Waals surface area contributed by atoms with Gasteiger partial charge in [-0.2, -0.15) is 0 Å². The van der Waals surface area contributed by atoms with Gasteiger partial charge in [0.2, 0.25) is 0 Å². The molecular formula is C20H27N3. The van der Waals surface area contributed by atoms with Crippen molar-refractivity contribution in [2.45, 2.75) is 33.2 Å². The molecule has 122 valence electrons. The first kappa shape index (κ1) is 16.0. The van der Waals surface area contributed by atoms with Crippen LogP contribution in [0.2, 0.25) is 0 Å². The van der Waals surface area contributed by atoms with E-state index in [-0.39, 0.29) is 0 Å². The molecule has 23 heavy (non-hydrogen) atoms. The highest BCUT2D eigenvalue weighted by Gasteiger charge is 2.20. The fraction of sp³-hybridized carbons (Fsp3) is 0.450. The zero-order valence-electron chi connectivity index (χ0n) is 14.4. The molecule has 1 fully saturated rings. The smallest absolute Gasteiger partial charge is 0.0378 e. The maximum Gasteiger partial charge on any atom is 0.0378 e. The number of piperazine rings is 1. The average molecular weight is 309 g/mol. The molecular weight excluding hydrogens is 282 g/mol. The van der Waals surface area contributed by atoms with Crippen molar-refractivity contribution in [2.24, 2.45) is 5.92 Å². The highest BCUT2D eigenvalue weighted by Crippen LogP contribution is 2.24. The number of aromatic nitrogens is 1. The van der Waals surface area contributed by atoms with E-state index in [0.717, 1.165) is 31.2 Å². The first-order chi connectivity index (χ1) is 11.1. The van der Waals surface area contributed by atoms with Gasteiger partial charge in [-0.1, -0.05) is 26.0 Å². The molecule has 0 radical (unpaired) electrons. The van der Waals surface area contributed by atoms with Crippen molar-refractivity contribution in [2.75, 3.05) is 24.5 Å². The average Bonchev–Trinajstić information content (AvgIpc) is 2.55. The van der Waals surface area contributed by atoms with Crippen LogP contribution in [0.3, 0.4) is 0 Å². The van der Waals surface area contributed by atoms with Crippen molar-refractivity contribution in [3.05, 3.63) is 48.3 Å². The molecule has 0 amide bonds. The Morgan fingerprint density at radius 2 is 1.96 bits per heavy atom. The van der Waals surface area contributed by atoms with Crippen molar-refractivity contribution in [1.29, 1.82) is 0 Å². The van der Waals surface area contributed by atoms with E-state index >= 15 is 0 Å². The minimum absolute atomic E-state index is 0.603. The second-order valence-electron chi connectivity index (χ2n) is 6.96. The van der Waals surface area contributed by atoms with Crippen molar-refractivity contribution in [3.63, 3.8) is 0 Å². The lowest BCUT2D eigenvalue weighted by atomic mass is 10.0. The second-order valence-corrected chi connectivity index (χ2v) is 6.96. The summed E-state index contributed by atoms with van der Waals surface area (Å²) in [4.78, 5) is 6.78. The predicted octanol–water partition coefficient (Wildman–Crippen LogP) is 3.88. The number of hydrogen-bond acceptors (Lipinski definition) is 3. The quantitative estimate of drug-likeness (QED) is 0.929. The molecule has 1 atom stereocenters. The first-order valence-electron chi connectivity index (χ1n) is 8.63. The summed E-state index contributed by atoms with van der Waals surface area (Å²) in [6.45, 7) is 9.89. The van der Waals surface area contributed by atoms with Gasteiger partial charge < -0.3 is 10.2 Å². The number of nitrogens with zero attached hydrogens (tertiary/aromatic N) is 2. The molecule has 3 heteroatoms. The van der Waals surface area contributed by atoms with E-state index in [2.05, 4.69) is 65.4 Å². The summed E-state index contributed by atoms with van der Waals surface area (Å²) >= 11 is 0.